The molecule has 9 rings (SSSR count). The number of sulfonamides is 1. The lowest BCUT2D eigenvalue weighted by atomic mass is 10.1. The van der Waals surface area contributed by atoms with Crippen molar-refractivity contribution in [3.05, 3.63) is 72.4 Å². The fourth-order valence-corrected chi connectivity index (χ4v) is 9.53. The Bertz CT molecular complexity index is 2150. The molecule has 2 saturated carbocycles. The number of nitrogens with two attached hydrogens (primary N) is 1. The number of imidazole rings is 1. The Balaban J connectivity index is 1.18. The van der Waals surface area contributed by atoms with E-state index >= 15 is 0 Å². The summed E-state index contributed by atoms with van der Waals surface area (Å²) in [7, 11) is -2.05. The number of methoxy groups -OCH3 is 1. The smallest absolute Gasteiger partial charge is 0.254 e. The zero-order chi connectivity index (χ0) is 32.0. The zero-order valence-corrected chi connectivity index (χ0v) is 27.0. The zero-order valence-electron chi connectivity index (χ0n) is 26.2. The molecule has 2 aliphatic heterocycles. The maximum absolute atomic E-state index is 13.9. The quantitative estimate of drug-likeness (QED) is 0.265. The number of carbonyl (C=O) groups excluding carboxylic acids is 1. The van der Waals surface area contributed by atoms with E-state index in [1.54, 1.807) is 31.4 Å². The SMILES string of the molecule is COc1cc(C(=O)N2CC3CCC2[C@@H]3N)cc2nc(-c3cc4cccnc4n3CC3CC3)n(C3CN(S(=O)(=O)c4ccccc4)C3)c12. The highest BCUT2D eigenvalue weighted by Gasteiger charge is 2.47. The van der Waals surface area contributed by atoms with Crippen molar-refractivity contribution in [2.75, 3.05) is 26.7 Å². The van der Waals surface area contributed by atoms with Gasteiger partial charge in [0, 0.05) is 55.4 Å². The third-order valence-corrected chi connectivity index (χ3v) is 12.6. The van der Waals surface area contributed by atoms with E-state index in [4.69, 9.17) is 20.4 Å². The molecular weight excluding hydrogens is 614 g/mol. The van der Waals surface area contributed by atoms with Crippen LogP contribution < -0.4 is 10.5 Å². The van der Waals surface area contributed by atoms with Crippen LogP contribution in [0.1, 0.15) is 42.1 Å². The Hall–Kier alpha value is -4.26. The molecule has 242 valence electrons. The number of nitrogens with zero attached hydrogens (tertiary/aromatic N) is 6. The van der Waals surface area contributed by atoms with Crippen molar-refractivity contribution in [3.8, 4) is 17.3 Å². The standard InChI is InChI=1S/C35H37N7O4S/c1-46-30-16-24(35(43)41-18-23-11-12-28(41)31(23)36)14-27-32(30)42(25-19-39(20-25)47(44,45)26-7-3-2-4-8-26)34(38-27)29-15-22-6-5-13-37-33(22)40(29)17-21-9-10-21/h2-8,13-16,21,23,25,28,31H,9-12,17-20,36H2,1H3/t23?,28?,31-/m1/s1. The van der Waals surface area contributed by atoms with E-state index in [2.05, 4.69) is 21.3 Å². The van der Waals surface area contributed by atoms with Crippen molar-refractivity contribution in [3.63, 3.8) is 0 Å². The first-order chi connectivity index (χ1) is 22.8. The summed E-state index contributed by atoms with van der Waals surface area (Å²) < 4.78 is 38.9. The van der Waals surface area contributed by atoms with Gasteiger partial charge in [-0.3, -0.25) is 4.79 Å². The van der Waals surface area contributed by atoms with Crippen LogP contribution in [0.3, 0.4) is 0 Å². The number of likely N-dealkylation sites (tertiary alicyclic amines) is 1. The van der Waals surface area contributed by atoms with Crippen molar-refractivity contribution in [1.82, 2.24) is 28.3 Å². The Morgan fingerprint density at radius 1 is 1.00 bits per heavy atom. The average Bonchev–Trinajstić information content (AvgIpc) is 3.41. The summed E-state index contributed by atoms with van der Waals surface area (Å²) in [5.41, 5.74) is 10.2. The first kappa shape index (κ1) is 28.9. The van der Waals surface area contributed by atoms with Crippen LogP contribution in [-0.4, -0.2) is 81.5 Å². The minimum absolute atomic E-state index is 0.0195. The molecule has 4 fully saturated rings. The molecule has 12 heteroatoms. The van der Waals surface area contributed by atoms with Crippen molar-refractivity contribution >= 4 is 38.0 Å². The third-order valence-electron chi connectivity index (χ3n) is 10.7. The van der Waals surface area contributed by atoms with Crippen molar-refractivity contribution in [2.45, 2.75) is 55.2 Å². The molecule has 2 bridgehead atoms. The molecule has 0 radical (unpaired) electrons. The molecule has 47 heavy (non-hydrogen) atoms. The monoisotopic (exact) mass is 651 g/mol. The van der Waals surface area contributed by atoms with Crippen LogP contribution >= 0.6 is 0 Å². The second-order valence-corrected chi connectivity index (χ2v) is 15.5. The third kappa shape index (κ3) is 4.52. The maximum atomic E-state index is 13.9. The largest absolute Gasteiger partial charge is 0.494 e. The lowest BCUT2D eigenvalue weighted by Crippen LogP contribution is -2.50. The molecule has 2 aliphatic carbocycles. The highest BCUT2D eigenvalue weighted by Crippen LogP contribution is 2.43. The molecule has 2 saturated heterocycles. The number of hydrogen-bond acceptors (Lipinski definition) is 7. The Kier molecular flexibility index (Phi) is 6.54. The molecule has 0 spiro atoms. The van der Waals surface area contributed by atoms with Crippen LogP contribution in [0.5, 0.6) is 5.75 Å². The highest BCUT2D eigenvalue weighted by molar-refractivity contribution is 7.89. The molecule has 1 amide bonds. The summed E-state index contributed by atoms with van der Waals surface area (Å²) in [5.74, 6) is 2.12. The van der Waals surface area contributed by atoms with E-state index in [-0.39, 0.29) is 42.0 Å². The van der Waals surface area contributed by atoms with Crippen molar-refractivity contribution in [1.29, 1.82) is 0 Å². The number of pyridine rings is 1. The summed E-state index contributed by atoms with van der Waals surface area (Å²) in [6.45, 7) is 2.08. The minimum atomic E-state index is -3.65. The molecule has 2 N–H and O–H groups in total. The highest BCUT2D eigenvalue weighted by atomic mass is 32.2. The van der Waals surface area contributed by atoms with Gasteiger partial charge in [0.05, 0.1) is 29.3 Å². The normalized spacial score (nSPS) is 23.2. The Morgan fingerprint density at radius 3 is 2.51 bits per heavy atom. The first-order valence-corrected chi connectivity index (χ1v) is 17.9. The van der Waals surface area contributed by atoms with Gasteiger partial charge in [-0.15, -0.1) is 0 Å². The van der Waals surface area contributed by atoms with Gasteiger partial charge in [0.2, 0.25) is 10.0 Å². The van der Waals surface area contributed by atoms with Crippen LogP contribution in [0.2, 0.25) is 0 Å². The van der Waals surface area contributed by atoms with Crippen LogP contribution in [0.25, 0.3) is 33.6 Å². The van der Waals surface area contributed by atoms with E-state index < -0.39 is 10.0 Å². The van der Waals surface area contributed by atoms with Gasteiger partial charge < -0.3 is 24.5 Å². The lowest BCUT2D eigenvalue weighted by molar-refractivity contribution is 0.0700. The minimum Gasteiger partial charge on any atom is -0.494 e. The topological polar surface area (TPSA) is 129 Å². The van der Waals surface area contributed by atoms with Gasteiger partial charge in [0.15, 0.2) is 5.82 Å². The van der Waals surface area contributed by atoms with Gasteiger partial charge in [0.25, 0.3) is 5.91 Å². The van der Waals surface area contributed by atoms with E-state index in [1.807, 2.05) is 35.4 Å². The molecule has 5 aromatic rings. The number of aromatic nitrogens is 4. The van der Waals surface area contributed by atoms with Crippen molar-refractivity contribution < 1.29 is 17.9 Å². The van der Waals surface area contributed by atoms with Gasteiger partial charge in [0.1, 0.15) is 16.9 Å². The van der Waals surface area contributed by atoms with E-state index in [0.717, 1.165) is 41.6 Å². The molecule has 11 nitrogen and oxygen atoms in total. The second-order valence-electron chi connectivity index (χ2n) is 13.6. The summed E-state index contributed by atoms with van der Waals surface area (Å²) in [4.78, 5) is 26.1. The number of amides is 1. The molecule has 2 aromatic carbocycles. The van der Waals surface area contributed by atoms with Gasteiger partial charge in [-0.2, -0.15) is 4.31 Å². The number of rotatable bonds is 8. The molecule has 3 aromatic heterocycles. The fraction of sp³-hybridized carbons (Fsp3) is 0.400. The Morgan fingerprint density at radius 2 is 1.81 bits per heavy atom. The molecule has 4 aliphatic rings. The number of carbonyl (C=O) groups is 1. The number of hydrogen-bond donors (Lipinski definition) is 1. The molecule has 2 unspecified atom stereocenters. The number of ether oxygens (including phenoxy) is 1. The van der Waals surface area contributed by atoms with Crippen LogP contribution in [0.4, 0.5) is 0 Å². The summed E-state index contributed by atoms with van der Waals surface area (Å²) in [6.07, 6.45) is 6.17. The predicted octanol–water partition coefficient (Wildman–Crippen LogP) is 4.28. The van der Waals surface area contributed by atoms with Crippen LogP contribution in [-0.2, 0) is 16.6 Å². The molecule has 3 atom stereocenters. The van der Waals surface area contributed by atoms with Gasteiger partial charge >= 0.3 is 0 Å². The molecule has 5 heterocycles. The molecular formula is C35H37N7O4S. The van der Waals surface area contributed by atoms with Crippen LogP contribution in [0.15, 0.2) is 71.8 Å². The van der Waals surface area contributed by atoms with Gasteiger partial charge in [-0.05, 0) is 80.0 Å². The van der Waals surface area contributed by atoms with E-state index in [9.17, 15) is 13.2 Å². The maximum Gasteiger partial charge on any atom is 0.254 e. The van der Waals surface area contributed by atoms with E-state index in [0.29, 0.717) is 41.0 Å². The van der Waals surface area contributed by atoms with Gasteiger partial charge in [-0.25, -0.2) is 18.4 Å². The lowest BCUT2D eigenvalue weighted by Gasteiger charge is -2.39. The second kappa shape index (κ2) is 10.6. The summed E-state index contributed by atoms with van der Waals surface area (Å²) in [5, 5.41) is 1.02. The van der Waals surface area contributed by atoms with Gasteiger partial charge in [-0.1, -0.05) is 18.2 Å². The van der Waals surface area contributed by atoms with Crippen molar-refractivity contribution in [2.24, 2.45) is 17.6 Å². The number of benzene rings is 2. The predicted molar refractivity (Wildman–Crippen MR) is 177 cm³/mol. The number of piperidine rings is 1. The van der Waals surface area contributed by atoms with Crippen LogP contribution in [0, 0.1) is 11.8 Å². The summed E-state index contributed by atoms with van der Waals surface area (Å²) in [6, 6.07) is 18.2. The van der Waals surface area contributed by atoms with E-state index in [1.165, 1.54) is 17.1 Å². The Labute approximate surface area is 273 Å². The summed E-state index contributed by atoms with van der Waals surface area (Å²) >= 11 is 0. The fourth-order valence-electron chi connectivity index (χ4n) is 7.99. The number of fused-ring (bicyclic) bond motifs is 4. The average molecular weight is 652 g/mol. The first-order valence-electron chi connectivity index (χ1n) is 16.5.